The van der Waals surface area contributed by atoms with Crippen LogP contribution in [0.5, 0.6) is 5.75 Å². The highest BCUT2D eigenvalue weighted by Crippen LogP contribution is 2.15. The molecule has 0 aliphatic rings. The van der Waals surface area contributed by atoms with Gasteiger partial charge in [-0.1, -0.05) is 19.1 Å². The van der Waals surface area contributed by atoms with Crippen LogP contribution in [0.25, 0.3) is 0 Å². The van der Waals surface area contributed by atoms with E-state index in [1.165, 1.54) is 5.56 Å². The van der Waals surface area contributed by atoms with Crippen LogP contribution in [0.4, 0.5) is 0 Å². The SMILES string of the molecule is CCc1cccc(OCCc2nc(C)oc2C)c1. The lowest BCUT2D eigenvalue weighted by Gasteiger charge is -2.06. The zero-order valence-corrected chi connectivity index (χ0v) is 11.2. The number of aryl methyl sites for hydroxylation is 3. The zero-order chi connectivity index (χ0) is 13.0. The van der Waals surface area contributed by atoms with Crippen molar-refractivity contribution < 1.29 is 9.15 Å². The molecule has 2 rings (SSSR count). The Morgan fingerprint density at radius 2 is 2.11 bits per heavy atom. The molecule has 3 nitrogen and oxygen atoms in total. The molecule has 0 N–H and O–H groups in total. The molecule has 0 fully saturated rings. The van der Waals surface area contributed by atoms with Crippen molar-refractivity contribution in [2.24, 2.45) is 0 Å². The maximum atomic E-state index is 5.74. The molecule has 1 aromatic carbocycles. The summed E-state index contributed by atoms with van der Waals surface area (Å²) in [5.41, 5.74) is 2.28. The minimum Gasteiger partial charge on any atom is -0.493 e. The molecule has 18 heavy (non-hydrogen) atoms. The van der Waals surface area contributed by atoms with Crippen molar-refractivity contribution in [3.05, 3.63) is 47.2 Å². The Morgan fingerprint density at radius 1 is 1.28 bits per heavy atom. The maximum Gasteiger partial charge on any atom is 0.191 e. The van der Waals surface area contributed by atoms with Crippen LogP contribution in [0.15, 0.2) is 28.7 Å². The standard InChI is InChI=1S/C15H19NO2/c1-4-13-6-5-7-14(10-13)17-9-8-15-11(2)18-12(3)16-15/h5-7,10H,4,8-9H2,1-3H3. The average molecular weight is 245 g/mol. The molecule has 3 heteroatoms. The average Bonchev–Trinajstić information content (AvgIpc) is 2.68. The maximum absolute atomic E-state index is 5.74. The molecule has 0 saturated heterocycles. The van der Waals surface area contributed by atoms with Gasteiger partial charge in [-0.3, -0.25) is 0 Å². The van der Waals surface area contributed by atoms with Gasteiger partial charge in [-0.25, -0.2) is 4.98 Å². The van der Waals surface area contributed by atoms with Crippen LogP contribution in [0.3, 0.4) is 0 Å². The molecule has 2 aromatic rings. The fourth-order valence-corrected chi connectivity index (χ4v) is 1.92. The molecule has 1 heterocycles. The van der Waals surface area contributed by atoms with Gasteiger partial charge in [-0.2, -0.15) is 0 Å². The largest absolute Gasteiger partial charge is 0.493 e. The second-order valence-electron chi connectivity index (χ2n) is 4.34. The van der Waals surface area contributed by atoms with E-state index in [-0.39, 0.29) is 0 Å². The molecule has 0 unspecified atom stereocenters. The molecule has 0 aliphatic carbocycles. The predicted molar refractivity (Wildman–Crippen MR) is 71.0 cm³/mol. The summed E-state index contributed by atoms with van der Waals surface area (Å²) in [6.45, 7) is 6.57. The van der Waals surface area contributed by atoms with Gasteiger partial charge in [-0.15, -0.1) is 0 Å². The molecule has 0 spiro atoms. The van der Waals surface area contributed by atoms with E-state index in [0.29, 0.717) is 6.61 Å². The molecule has 0 bridgehead atoms. The Kier molecular flexibility index (Phi) is 4.03. The van der Waals surface area contributed by atoms with Crippen LogP contribution in [-0.4, -0.2) is 11.6 Å². The second-order valence-corrected chi connectivity index (χ2v) is 4.34. The Bertz CT molecular complexity index is 517. The highest BCUT2D eigenvalue weighted by atomic mass is 16.5. The lowest BCUT2D eigenvalue weighted by Crippen LogP contribution is -2.03. The Hall–Kier alpha value is -1.77. The first-order chi connectivity index (χ1) is 8.69. The summed E-state index contributed by atoms with van der Waals surface area (Å²) in [7, 11) is 0. The van der Waals surface area contributed by atoms with E-state index in [9.17, 15) is 0 Å². The summed E-state index contributed by atoms with van der Waals surface area (Å²) in [6, 6.07) is 8.21. The van der Waals surface area contributed by atoms with Crippen LogP contribution in [0.1, 0.15) is 29.8 Å². The van der Waals surface area contributed by atoms with Crippen molar-refractivity contribution in [3.63, 3.8) is 0 Å². The van der Waals surface area contributed by atoms with E-state index in [2.05, 4.69) is 24.0 Å². The second kappa shape index (κ2) is 5.71. The third-order valence-electron chi connectivity index (χ3n) is 2.91. The number of aromatic nitrogens is 1. The molecule has 0 radical (unpaired) electrons. The first-order valence-electron chi connectivity index (χ1n) is 6.33. The van der Waals surface area contributed by atoms with Gasteiger partial charge in [0.25, 0.3) is 0 Å². The third-order valence-corrected chi connectivity index (χ3v) is 2.91. The topological polar surface area (TPSA) is 35.3 Å². The normalized spacial score (nSPS) is 10.6. The lowest BCUT2D eigenvalue weighted by atomic mass is 10.2. The molecular formula is C15H19NO2. The van der Waals surface area contributed by atoms with Crippen molar-refractivity contribution in [2.45, 2.75) is 33.6 Å². The Balaban J connectivity index is 1.90. The molecule has 0 saturated carbocycles. The molecular weight excluding hydrogens is 226 g/mol. The summed E-state index contributed by atoms with van der Waals surface area (Å²) >= 11 is 0. The summed E-state index contributed by atoms with van der Waals surface area (Å²) in [5.74, 6) is 2.53. The molecule has 96 valence electrons. The minimum absolute atomic E-state index is 0.625. The van der Waals surface area contributed by atoms with Gasteiger partial charge >= 0.3 is 0 Å². The quantitative estimate of drug-likeness (QED) is 0.809. The summed E-state index contributed by atoms with van der Waals surface area (Å²) in [4.78, 5) is 4.33. The van der Waals surface area contributed by atoms with Crippen LogP contribution >= 0.6 is 0 Å². The van der Waals surface area contributed by atoms with Crippen LogP contribution in [-0.2, 0) is 12.8 Å². The van der Waals surface area contributed by atoms with Crippen LogP contribution in [0.2, 0.25) is 0 Å². The van der Waals surface area contributed by atoms with Crippen molar-refractivity contribution in [3.8, 4) is 5.75 Å². The minimum atomic E-state index is 0.625. The fraction of sp³-hybridized carbons (Fsp3) is 0.400. The van der Waals surface area contributed by atoms with E-state index in [4.69, 9.17) is 9.15 Å². The van der Waals surface area contributed by atoms with Gasteiger partial charge in [0.15, 0.2) is 5.89 Å². The number of nitrogens with zero attached hydrogens (tertiary/aromatic N) is 1. The number of hydrogen-bond donors (Lipinski definition) is 0. The number of oxazole rings is 1. The van der Waals surface area contributed by atoms with Gasteiger partial charge in [0.05, 0.1) is 12.3 Å². The van der Waals surface area contributed by atoms with E-state index in [1.54, 1.807) is 0 Å². The zero-order valence-electron chi connectivity index (χ0n) is 11.2. The van der Waals surface area contributed by atoms with Crippen molar-refractivity contribution in [1.29, 1.82) is 0 Å². The van der Waals surface area contributed by atoms with Gasteiger partial charge in [0.1, 0.15) is 11.5 Å². The molecule has 0 aliphatic heterocycles. The molecule has 0 atom stereocenters. The van der Waals surface area contributed by atoms with Crippen molar-refractivity contribution >= 4 is 0 Å². The van der Waals surface area contributed by atoms with E-state index in [0.717, 1.165) is 35.9 Å². The van der Waals surface area contributed by atoms with E-state index >= 15 is 0 Å². The van der Waals surface area contributed by atoms with Crippen LogP contribution in [0, 0.1) is 13.8 Å². The lowest BCUT2D eigenvalue weighted by molar-refractivity contribution is 0.319. The van der Waals surface area contributed by atoms with Gasteiger partial charge in [0.2, 0.25) is 0 Å². The van der Waals surface area contributed by atoms with E-state index in [1.807, 2.05) is 26.0 Å². The summed E-state index contributed by atoms with van der Waals surface area (Å²) in [5, 5.41) is 0. The van der Waals surface area contributed by atoms with Gasteiger partial charge in [-0.05, 0) is 31.0 Å². The first-order valence-corrected chi connectivity index (χ1v) is 6.33. The smallest absolute Gasteiger partial charge is 0.191 e. The Labute approximate surface area is 108 Å². The third kappa shape index (κ3) is 3.13. The van der Waals surface area contributed by atoms with Crippen molar-refractivity contribution in [2.75, 3.05) is 6.61 Å². The number of benzene rings is 1. The highest BCUT2D eigenvalue weighted by molar-refractivity contribution is 5.28. The molecule has 0 amide bonds. The monoisotopic (exact) mass is 245 g/mol. The number of hydrogen-bond acceptors (Lipinski definition) is 3. The van der Waals surface area contributed by atoms with Gasteiger partial charge < -0.3 is 9.15 Å². The summed E-state index contributed by atoms with van der Waals surface area (Å²) < 4.78 is 11.1. The number of ether oxygens (including phenoxy) is 1. The van der Waals surface area contributed by atoms with Crippen LogP contribution < -0.4 is 4.74 Å². The van der Waals surface area contributed by atoms with Crippen molar-refractivity contribution in [1.82, 2.24) is 4.98 Å². The Morgan fingerprint density at radius 3 is 2.78 bits per heavy atom. The molecule has 1 aromatic heterocycles. The number of rotatable bonds is 5. The highest BCUT2D eigenvalue weighted by Gasteiger charge is 2.06. The van der Waals surface area contributed by atoms with Gasteiger partial charge in [0, 0.05) is 13.3 Å². The van der Waals surface area contributed by atoms with E-state index < -0.39 is 0 Å². The summed E-state index contributed by atoms with van der Waals surface area (Å²) in [6.07, 6.45) is 1.80. The predicted octanol–water partition coefficient (Wildman–Crippen LogP) is 3.48. The first kappa shape index (κ1) is 12.7. The fourth-order valence-electron chi connectivity index (χ4n) is 1.92.